The van der Waals surface area contributed by atoms with Crippen LogP contribution in [0.4, 0.5) is 0 Å². The van der Waals surface area contributed by atoms with Gasteiger partial charge < -0.3 is 4.48 Å². The maximum Gasteiger partial charge on any atom is 0.0782 e. The molecule has 0 saturated carbocycles. The van der Waals surface area contributed by atoms with Crippen molar-refractivity contribution in [3.8, 4) is 0 Å². The first kappa shape index (κ1) is 30.0. The summed E-state index contributed by atoms with van der Waals surface area (Å²) in [6, 6.07) is 0. The fraction of sp³-hybridized carbons (Fsp3) is 1.00. The molecular formula is C29H62N+. The largest absolute Gasteiger partial charge is 0.328 e. The highest BCUT2D eigenvalue weighted by atomic mass is 15.3. The Morgan fingerprint density at radius 1 is 0.300 bits per heavy atom. The minimum Gasteiger partial charge on any atom is -0.328 e. The number of hydrogen-bond donors (Lipinski definition) is 0. The lowest BCUT2D eigenvalue weighted by Gasteiger charge is -2.30. The van der Waals surface area contributed by atoms with Crippen LogP contribution in [-0.2, 0) is 0 Å². The Morgan fingerprint density at radius 2 is 0.500 bits per heavy atom. The van der Waals surface area contributed by atoms with Gasteiger partial charge in [-0.25, -0.2) is 0 Å². The molecule has 0 spiro atoms. The lowest BCUT2D eigenvalue weighted by atomic mass is 10.0. The molecule has 1 heteroatoms. The summed E-state index contributed by atoms with van der Waals surface area (Å²) in [6.07, 6.45) is 33.5. The third kappa shape index (κ3) is 24.2. The standard InChI is InChI=1S/C29H62N/c1-5-7-9-11-13-15-16-17-18-19-20-21-23-25-27-29-30(3,4)28-26-24-22-14-12-10-8-6-2/h5-29H2,1-4H3/q+1. The average molecular weight is 425 g/mol. The van der Waals surface area contributed by atoms with E-state index in [9.17, 15) is 0 Å². The van der Waals surface area contributed by atoms with Crippen LogP contribution >= 0.6 is 0 Å². The van der Waals surface area contributed by atoms with E-state index in [1.54, 1.807) is 0 Å². The summed E-state index contributed by atoms with van der Waals surface area (Å²) < 4.78 is 1.24. The second kappa shape index (κ2) is 23.6. The van der Waals surface area contributed by atoms with Gasteiger partial charge in [-0.1, -0.05) is 136 Å². The highest BCUT2D eigenvalue weighted by molar-refractivity contribution is 4.50. The van der Waals surface area contributed by atoms with Gasteiger partial charge in [0.2, 0.25) is 0 Å². The monoisotopic (exact) mass is 424 g/mol. The summed E-state index contributed by atoms with van der Waals surface area (Å²) in [5.74, 6) is 0. The van der Waals surface area contributed by atoms with E-state index in [1.165, 1.54) is 165 Å². The van der Waals surface area contributed by atoms with Crippen molar-refractivity contribution in [3.05, 3.63) is 0 Å². The second-order valence-electron chi connectivity index (χ2n) is 10.8. The Morgan fingerprint density at radius 3 is 0.733 bits per heavy atom. The van der Waals surface area contributed by atoms with Crippen LogP contribution in [0.2, 0.25) is 0 Å². The molecular weight excluding hydrogens is 362 g/mol. The Labute approximate surface area is 193 Å². The maximum atomic E-state index is 2.45. The van der Waals surface area contributed by atoms with Crippen molar-refractivity contribution in [2.45, 2.75) is 162 Å². The second-order valence-corrected chi connectivity index (χ2v) is 10.8. The first-order valence-corrected chi connectivity index (χ1v) is 14.4. The van der Waals surface area contributed by atoms with Crippen LogP contribution in [0.15, 0.2) is 0 Å². The number of hydrogen-bond acceptors (Lipinski definition) is 0. The first-order chi connectivity index (χ1) is 14.6. The van der Waals surface area contributed by atoms with Gasteiger partial charge in [0.25, 0.3) is 0 Å². The van der Waals surface area contributed by atoms with Gasteiger partial charge in [0, 0.05) is 0 Å². The summed E-state index contributed by atoms with van der Waals surface area (Å²) in [6.45, 7) is 7.37. The SMILES string of the molecule is CCCCCCCCCCCCCCCCC[N+](C)(C)CCCCCCCCCC. The molecule has 0 fully saturated rings. The van der Waals surface area contributed by atoms with Gasteiger partial charge in [0.15, 0.2) is 0 Å². The van der Waals surface area contributed by atoms with Crippen molar-refractivity contribution in [1.29, 1.82) is 0 Å². The van der Waals surface area contributed by atoms with Crippen molar-refractivity contribution in [2.75, 3.05) is 27.2 Å². The quantitative estimate of drug-likeness (QED) is 0.101. The third-order valence-electron chi connectivity index (χ3n) is 6.98. The van der Waals surface area contributed by atoms with Gasteiger partial charge >= 0.3 is 0 Å². The molecule has 1 nitrogen and oxygen atoms in total. The molecule has 0 aliphatic heterocycles. The molecule has 182 valence electrons. The van der Waals surface area contributed by atoms with E-state index in [1.807, 2.05) is 0 Å². The molecule has 0 aromatic rings. The minimum absolute atomic E-state index is 1.24. The first-order valence-electron chi connectivity index (χ1n) is 14.4. The normalized spacial score (nSPS) is 12.0. The van der Waals surface area contributed by atoms with E-state index < -0.39 is 0 Å². The van der Waals surface area contributed by atoms with E-state index in [0.29, 0.717) is 0 Å². The molecule has 0 saturated heterocycles. The predicted octanol–water partition coefficient (Wildman–Crippen LogP) is 10.1. The van der Waals surface area contributed by atoms with Crippen LogP contribution in [0.5, 0.6) is 0 Å². The molecule has 0 atom stereocenters. The summed E-state index contributed by atoms with van der Waals surface area (Å²) >= 11 is 0. The van der Waals surface area contributed by atoms with Crippen molar-refractivity contribution in [1.82, 2.24) is 0 Å². The fourth-order valence-corrected chi connectivity index (χ4v) is 4.70. The van der Waals surface area contributed by atoms with Gasteiger partial charge in [-0.05, 0) is 25.7 Å². The van der Waals surface area contributed by atoms with Gasteiger partial charge in [-0.15, -0.1) is 0 Å². The van der Waals surface area contributed by atoms with Gasteiger partial charge in [-0.3, -0.25) is 0 Å². The minimum atomic E-state index is 1.24. The smallest absolute Gasteiger partial charge is 0.0782 e. The van der Waals surface area contributed by atoms with Gasteiger partial charge in [0.1, 0.15) is 0 Å². The molecule has 0 aromatic heterocycles. The van der Waals surface area contributed by atoms with Crippen molar-refractivity contribution in [3.63, 3.8) is 0 Å². The topological polar surface area (TPSA) is 0 Å². The molecule has 0 rings (SSSR count). The van der Waals surface area contributed by atoms with E-state index >= 15 is 0 Å². The Bertz CT molecular complexity index is 309. The number of quaternary nitrogens is 1. The summed E-state index contributed by atoms with van der Waals surface area (Å²) in [5.41, 5.74) is 0. The van der Waals surface area contributed by atoms with Crippen molar-refractivity contribution in [2.24, 2.45) is 0 Å². The zero-order valence-electron chi connectivity index (χ0n) is 22.1. The molecule has 30 heavy (non-hydrogen) atoms. The number of nitrogens with zero attached hydrogens (tertiary/aromatic N) is 1. The number of unbranched alkanes of at least 4 members (excludes halogenated alkanes) is 21. The molecule has 0 aliphatic rings. The third-order valence-corrected chi connectivity index (χ3v) is 6.98. The van der Waals surface area contributed by atoms with Gasteiger partial charge in [-0.2, -0.15) is 0 Å². The maximum absolute atomic E-state index is 2.45. The van der Waals surface area contributed by atoms with E-state index in [0.717, 1.165) is 0 Å². The van der Waals surface area contributed by atoms with E-state index in [2.05, 4.69) is 27.9 Å². The molecule has 0 bridgehead atoms. The highest BCUT2D eigenvalue weighted by Crippen LogP contribution is 2.15. The van der Waals surface area contributed by atoms with Crippen molar-refractivity contribution >= 4 is 0 Å². The molecule has 0 N–H and O–H groups in total. The molecule has 0 amide bonds. The predicted molar refractivity (Wildman–Crippen MR) is 139 cm³/mol. The van der Waals surface area contributed by atoms with Gasteiger partial charge in [0.05, 0.1) is 27.2 Å². The Kier molecular flexibility index (Phi) is 23.6. The lowest BCUT2D eigenvalue weighted by molar-refractivity contribution is -0.890. The molecule has 0 heterocycles. The summed E-state index contributed by atoms with van der Waals surface area (Å²) in [7, 11) is 4.90. The highest BCUT2D eigenvalue weighted by Gasteiger charge is 2.13. The van der Waals surface area contributed by atoms with Crippen LogP contribution in [0.3, 0.4) is 0 Å². The van der Waals surface area contributed by atoms with E-state index in [-0.39, 0.29) is 0 Å². The zero-order valence-corrected chi connectivity index (χ0v) is 22.1. The average Bonchev–Trinajstić information content (AvgIpc) is 2.72. The Balaban J connectivity index is 3.26. The molecule has 0 aliphatic carbocycles. The van der Waals surface area contributed by atoms with Crippen LogP contribution in [0.1, 0.15) is 162 Å². The summed E-state index contributed by atoms with van der Waals surface area (Å²) in [5, 5.41) is 0. The van der Waals surface area contributed by atoms with Crippen molar-refractivity contribution < 1.29 is 4.48 Å². The van der Waals surface area contributed by atoms with Crippen LogP contribution in [0.25, 0.3) is 0 Å². The zero-order chi connectivity index (χ0) is 22.2. The summed E-state index contributed by atoms with van der Waals surface area (Å²) in [4.78, 5) is 0. The Hall–Kier alpha value is -0.0400. The molecule has 0 aromatic carbocycles. The molecule has 0 unspecified atom stereocenters. The van der Waals surface area contributed by atoms with Crippen LogP contribution in [-0.4, -0.2) is 31.7 Å². The van der Waals surface area contributed by atoms with E-state index in [4.69, 9.17) is 0 Å². The molecule has 0 radical (unpaired) electrons. The number of rotatable bonds is 25. The fourth-order valence-electron chi connectivity index (χ4n) is 4.70. The van der Waals surface area contributed by atoms with Crippen LogP contribution in [0, 0.1) is 0 Å². The lowest BCUT2D eigenvalue weighted by Crippen LogP contribution is -2.41. The van der Waals surface area contributed by atoms with Crippen LogP contribution < -0.4 is 0 Å².